The number of rotatable bonds is 8. The number of hydrogen-bond donors (Lipinski definition) is 0. The van der Waals surface area contributed by atoms with Crippen LogP contribution >= 0.6 is 0 Å². The van der Waals surface area contributed by atoms with E-state index in [1.165, 1.54) is 6.42 Å². The van der Waals surface area contributed by atoms with Crippen molar-refractivity contribution in [2.24, 2.45) is 21.8 Å². The number of aliphatic imine (C=N–C) groups is 2. The Morgan fingerprint density at radius 1 is 1.17 bits per heavy atom. The second-order valence-corrected chi connectivity index (χ2v) is 6.79. The van der Waals surface area contributed by atoms with Crippen molar-refractivity contribution < 1.29 is 0 Å². The minimum atomic E-state index is -0.0144. The summed E-state index contributed by atoms with van der Waals surface area (Å²) >= 11 is 0. The third-order valence-electron chi connectivity index (χ3n) is 4.03. The highest BCUT2D eigenvalue weighted by Gasteiger charge is 2.23. The van der Waals surface area contributed by atoms with Gasteiger partial charge in [-0.3, -0.25) is 9.98 Å². The first-order valence-corrected chi connectivity index (χ1v) is 7.16. The van der Waals surface area contributed by atoms with Gasteiger partial charge in [-0.25, -0.2) is 0 Å². The molecule has 0 aromatic rings. The monoisotopic (exact) mass is 252 g/mol. The number of hydrogen-bond acceptors (Lipinski definition) is 2. The Kier molecular flexibility index (Phi) is 6.80. The van der Waals surface area contributed by atoms with Gasteiger partial charge >= 0.3 is 0 Å². The van der Waals surface area contributed by atoms with E-state index < -0.39 is 0 Å². The zero-order valence-corrected chi connectivity index (χ0v) is 13.5. The summed E-state index contributed by atoms with van der Waals surface area (Å²) in [7, 11) is 0. The summed E-state index contributed by atoms with van der Waals surface area (Å²) in [5.74, 6) is 1.22. The molecule has 0 saturated heterocycles. The molecule has 0 aliphatic carbocycles. The Morgan fingerprint density at radius 2 is 1.72 bits per heavy atom. The molecule has 106 valence electrons. The van der Waals surface area contributed by atoms with E-state index >= 15 is 0 Å². The van der Waals surface area contributed by atoms with E-state index in [0.717, 1.165) is 12.8 Å². The maximum Gasteiger partial charge on any atom is 0.0573 e. The van der Waals surface area contributed by atoms with Crippen LogP contribution in [0, 0.1) is 11.8 Å². The molecule has 0 saturated carbocycles. The molecule has 0 heterocycles. The fourth-order valence-electron chi connectivity index (χ4n) is 2.10. The molecule has 18 heavy (non-hydrogen) atoms. The maximum absolute atomic E-state index is 4.75. The Balaban J connectivity index is 4.28. The summed E-state index contributed by atoms with van der Waals surface area (Å²) in [5, 5.41) is 0. The van der Waals surface area contributed by atoms with Gasteiger partial charge in [0.25, 0.3) is 0 Å². The first kappa shape index (κ1) is 17.3. The van der Waals surface area contributed by atoms with Crippen LogP contribution in [0.15, 0.2) is 9.98 Å². The lowest BCUT2D eigenvalue weighted by Crippen LogP contribution is -2.26. The summed E-state index contributed by atoms with van der Waals surface area (Å²) in [6, 6.07) is 0. The molecule has 2 unspecified atom stereocenters. The first-order chi connectivity index (χ1) is 8.14. The molecular formula is C16H32N2. The highest BCUT2D eigenvalue weighted by molar-refractivity contribution is 5.58. The summed E-state index contributed by atoms with van der Waals surface area (Å²) in [4.78, 5) is 8.92. The van der Waals surface area contributed by atoms with Gasteiger partial charge in [0, 0.05) is 0 Å². The van der Waals surface area contributed by atoms with Crippen LogP contribution in [0.4, 0.5) is 0 Å². The maximum atomic E-state index is 4.75. The van der Waals surface area contributed by atoms with Crippen molar-refractivity contribution in [1.82, 2.24) is 0 Å². The molecule has 0 spiro atoms. The Bertz CT molecular complexity index is 277. The zero-order chi connectivity index (χ0) is 14.4. The molecule has 0 fully saturated rings. The fourth-order valence-corrected chi connectivity index (χ4v) is 2.10. The van der Waals surface area contributed by atoms with Crippen molar-refractivity contribution >= 4 is 12.9 Å². The standard InChI is InChI=1S/C16H32N2/c1-9-14(3)16(6,7)18-11-10-13(2)12-15(4,5)17-8/h11,13-14H,8-10,12H2,1-7H3/b18-11+. The second kappa shape index (κ2) is 7.06. The molecule has 0 aromatic heterocycles. The highest BCUT2D eigenvalue weighted by Crippen LogP contribution is 2.25. The molecule has 0 rings (SSSR count). The van der Waals surface area contributed by atoms with Gasteiger partial charge in [0.15, 0.2) is 0 Å². The fraction of sp³-hybridized carbons (Fsp3) is 0.875. The third-order valence-corrected chi connectivity index (χ3v) is 4.03. The lowest BCUT2D eigenvalue weighted by atomic mass is 9.87. The molecule has 0 amide bonds. The quantitative estimate of drug-likeness (QED) is 0.556. The Hall–Kier alpha value is -0.660. The molecule has 2 nitrogen and oxygen atoms in total. The van der Waals surface area contributed by atoms with Gasteiger partial charge in [-0.1, -0.05) is 27.2 Å². The smallest absolute Gasteiger partial charge is 0.0573 e. The van der Waals surface area contributed by atoms with E-state index in [4.69, 9.17) is 4.99 Å². The van der Waals surface area contributed by atoms with Crippen LogP contribution in [-0.4, -0.2) is 24.0 Å². The Labute approximate surface area is 114 Å². The van der Waals surface area contributed by atoms with E-state index in [9.17, 15) is 0 Å². The molecular weight excluding hydrogens is 220 g/mol. The van der Waals surface area contributed by atoms with Crippen LogP contribution in [-0.2, 0) is 0 Å². The summed E-state index contributed by atoms with van der Waals surface area (Å²) < 4.78 is 0. The van der Waals surface area contributed by atoms with Crippen molar-refractivity contribution in [2.75, 3.05) is 0 Å². The average molecular weight is 252 g/mol. The van der Waals surface area contributed by atoms with E-state index in [2.05, 4.69) is 66.4 Å². The summed E-state index contributed by atoms with van der Waals surface area (Å²) in [6.07, 6.45) is 5.37. The van der Waals surface area contributed by atoms with Crippen LogP contribution in [0.25, 0.3) is 0 Å². The van der Waals surface area contributed by atoms with Gasteiger partial charge in [-0.2, -0.15) is 0 Å². The molecule has 0 bridgehead atoms. The van der Waals surface area contributed by atoms with E-state index in [1.807, 2.05) is 0 Å². The van der Waals surface area contributed by atoms with Gasteiger partial charge in [0.05, 0.1) is 11.1 Å². The van der Waals surface area contributed by atoms with Crippen LogP contribution in [0.2, 0.25) is 0 Å². The normalized spacial score (nSPS) is 16.8. The molecule has 0 aliphatic rings. The third kappa shape index (κ3) is 6.32. The number of nitrogens with zero attached hydrogens (tertiary/aromatic N) is 2. The van der Waals surface area contributed by atoms with Crippen molar-refractivity contribution in [3.8, 4) is 0 Å². The van der Waals surface area contributed by atoms with E-state index in [0.29, 0.717) is 11.8 Å². The average Bonchev–Trinajstić information content (AvgIpc) is 2.26. The predicted molar refractivity (Wildman–Crippen MR) is 84.1 cm³/mol. The SMILES string of the molecule is C=NC(C)(C)CC(C)C/C=N/C(C)(C)C(C)CC. The highest BCUT2D eigenvalue weighted by atomic mass is 14.8. The van der Waals surface area contributed by atoms with Crippen molar-refractivity contribution in [2.45, 2.75) is 78.8 Å². The molecule has 0 aliphatic heterocycles. The van der Waals surface area contributed by atoms with E-state index in [-0.39, 0.29) is 11.1 Å². The van der Waals surface area contributed by atoms with Gasteiger partial charge in [0.1, 0.15) is 0 Å². The van der Waals surface area contributed by atoms with Crippen molar-refractivity contribution in [3.63, 3.8) is 0 Å². The Morgan fingerprint density at radius 3 is 2.17 bits per heavy atom. The molecule has 2 atom stereocenters. The predicted octanol–water partition coefficient (Wildman–Crippen LogP) is 4.78. The summed E-state index contributed by atoms with van der Waals surface area (Å²) in [5.41, 5.74) is 0.0418. The van der Waals surface area contributed by atoms with Gasteiger partial charge < -0.3 is 0 Å². The largest absolute Gasteiger partial charge is 0.295 e. The van der Waals surface area contributed by atoms with Crippen molar-refractivity contribution in [1.29, 1.82) is 0 Å². The van der Waals surface area contributed by atoms with Gasteiger partial charge in [0.2, 0.25) is 0 Å². The van der Waals surface area contributed by atoms with E-state index in [1.54, 1.807) is 0 Å². The minimum absolute atomic E-state index is 0.0144. The molecule has 2 heteroatoms. The van der Waals surface area contributed by atoms with Gasteiger partial charge in [-0.15, -0.1) is 0 Å². The lowest BCUT2D eigenvalue weighted by Gasteiger charge is -2.27. The van der Waals surface area contributed by atoms with Crippen LogP contribution in [0.3, 0.4) is 0 Å². The zero-order valence-electron chi connectivity index (χ0n) is 13.5. The lowest BCUT2D eigenvalue weighted by molar-refractivity contribution is 0.339. The topological polar surface area (TPSA) is 24.7 Å². The molecule has 0 aromatic carbocycles. The second-order valence-electron chi connectivity index (χ2n) is 6.79. The van der Waals surface area contributed by atoms with Crippen molar-refractivity contribution in [3.05, 3.63) is 0 Å². The summed E-state index contributed by atoms with van der Waals surface area (Å²) in [6.45, 7) is 19.1. The molecule has 0 radical (unpaired) electrons. The minimum Gasteiger partial charge on any atom is -0.295 e. The molecule has 0 N–H and O–H groups in total. The van der Waals surface area contributed by atoms with Gasteiger partial charge in [-0.05, 0) is 65.3 Å². The first-order valence-electron chi connectivity index (χ1n) is 7.16. The van der Waals surface area contributed by atoms with Crippen LogP contribution in [0.1, 0.15) is 67.7 Å². The van der Waals surface area contributed by atoms with Crippen LogP contribution in [0.5, 0.6) is 0 Å². The van der Waals surface area contributed by atoms with Crippen LogP contribution < -0.4 is 0 Å².